The van der Waals surface area contributed by atoms with Gasteiger partial charge in [-0.25, -0.2) is 0 Å². The number of ether oxygens (including phenoxy) is 1. The van der Waals surface area contributed by atoms with Crippen molar-refractivity contribution < 1.29 is 4.74 Å². The molecule has 0 amide bonds. The maximum Gasteiger partial charge on any atom is 0.0624 e. The molecule has 1 aliphatic rings. The number of rotatable bonds is 4. The Morgan fingerprint density at radius 2 is 1.94 bits per heavy atom. The van der Waals surface area contributed by atoms with Crippen LogP contribution in [0, 0.1) is 0 Å². The normalized spacial score (nSPS) is 17.3. The molecule has 1 heterocycles. The molecular formula is C13H17Cl2NO. The van der Waals surface area contributed by atoms with Crippen molar-refractivity contribution in [3.05, 3.63) is 33.8 Å². The van der Waals surface area contributed by atoms with Crippen molar-refractivity contribution in [1.29, 1.82) is 0 Å². The summed E-state index contributed by atoms with van der Waals surface area (Å²) in [5.74, 6) is 0. The van der Waals surface area contributed by atoms with E-state index in [0.29, 0.717) is 10.0 Å². The molecule has 2 nitrogen and oxygen atoms in total. The fraction of sp³-hybridized carbons (Fsp3) is 0.538. The number of halogens is 2. The zero-order valence-electron chi connectivity index (χ0n) is 9.79. The van der Waals surface area contributed by atoms with Crippen molar-refractivity contribution in [1.82, 2.24) is 4.90 Å². The van der Waals surface area contributed by atoms with Gasteiger partial charge in [-0.05, 0) is 31.0 Å². The van der Waals surface area contributed by atoms with Crippen LogP contribution in [-0.2, 0) is 11.2 Å². The third kappa shape index (κ3) is 3.85. The summed E-state index contributed by atoms with van der Waals surface area (Å²) in [4.78, 5) is 2.43. The Morgan fingerprint density at radius 3 is 2.71 bits per heavy atom. The molecular weight excluding hydrogens is 257 g/mol. The topological polar surface area (TPSA) is 12.5 Å². The fourth-order valence-corrected chi connectivity index (χ4v) is 2.47. The molecule has 2 rings (SSSR count). The van der Waals surface area contributed by atoms with Crippen LogP contribution in [0.4, 0.5) is 0 Å². The molecule has 4 heteroatoms. The van der Waals surface area contributed by atoms with Crippen LogP contribution < -0.4 is 0 Å². The van der Waals surface area contributed by atoms with Crippen LogP contribution in [-0.4, -0.2) is 37.7 Å². The molecule has 1 aliphatic heterocycles. The number of aryl methyl sites for hydroxylation is 1. The van der Waals surface area contributed by atoms with E-state index < -0.39 is 0 Å². The van der Waals surface area contributed by atoms with Gasteiger partial charge < -0.3 is 4.74 Å². The second-order valence-corrected chi connectivity index (χ2v) is 5.06. The first kappa shape index (κ1) is 13.2. The average Bonchev–Trinajstić information content (AvgIpc) is 2.36. The van der Waals surface area contributed by atoms with Gasteiger partial charge in [-0.15, -0.1) is 0 Å². The lowest BCUT2D eigenvalue weighted by Crippen LogP contribution is -2.36. The minimum atomic E-state index is 0.649. The summed E-state index contributed by atoms with van der Waals surface area (Å²) in [6.45, 7) is 4.91. The van der Waals surface area contributed by atoms with Crippen LogP contribution in [0.3, 0.4) is 0 Å². The van der Waals surface area contributed by atoms with Gasteiger partial charge in [0.2, 0.25) is 0 Å². The Balaban J connectivity index is 1.79. The van der Waals surface area contributed by atoms with Crippen LogP contribution in [0.25, 0.3) is 0 Å². The molecule has 17 heavy (non-hydrogen) atoms. The lowest BCUT2D eigenvalue weighted by Gasteiger charge is -2.26. The van der Waals surface area contributed by atoms with Crippen LogP contribution in [0.15, 0.2) is 18.2 Å². The molecule has 94 valence electrons. The van der Waals surface area contributed by atoms with E-state index in [1.807, 2.05) is 18.2 Å². The lowest BCUT2D eigenvalue weighted by atomic mass is 10.1. The number of hydrogen-bond donors (Lipinski definition) is 0. The number of morpholine rings is 1. The smallest absolute Gasteiger partial charge is 0.0624 e. The molecule has 0 radical (unpaired) electrons. The van der Waals surface area contributed by atoms with Crippen molar-refractivity contribution in [2.45, 2.75) is 12.8 Å². The highest BCUT2D eigenvalue weighted by atomic mass is 35.5. The van der Waals surface area contributed by atoms with Crippen molar-refractivity contribution in [2.75, 3.05) is 32.8 Å². The minimum Gasteiger partial charge on any atom is -0.379 e. The fourth-order valence-electron chi connectivity index (χ4n) is 2.06. The van der Waals surface area contributed by atoms with E-state index in [-0.39, 0.29) is 0 Å². The van der Waals surface area contributed by atoms with Gasteiger partial charge in [0.05, 0.1) is 23.3 Å². The van der Waals surface area contributed by atoms with Crippen LogP contribution >= 0.6 is 23.2 Å². The monoisotopic (exact) mass is 273 g/mol. The SMILES string of the molecule is Clc1cccc(CCCN2CCOCC2)c1Cl. The van der Waals surface area contributed by atoms with E-state index in [1.165, 1.54) is 0 Å². The maximum atomic E-state index is 6.15. The Labute approximate surface area is 112 Å². The highest BCUT2D eigenvalue weighted by Crippen LogP contribution is 2.26. The van der Waals surface area contributed by atoms with Gasteiger partial charge >= 0.3 is 0 Å². The summed E-state index contributed by atoms with van der Waals surface area (Å²) in [6.07, 6.45) is 2.09. The van der Waals surface area contributed by atoms with E-state index >= 15 is 0 Å². The summed E-state index contributed by atoms with van der Waals surface area (Å²) in [7, 11) is 0. The Hall–Kier alpha value is -0.280. The first-order valence-corrected chi connectivity index (χ1v) is 6.76. The second-order valence-electron chi connectivity index (χ2n) is 4.27. The molecule has 0 bridgehead atoms. The van der Waals surface area contributed by atoms with Gasteiger partial charge in [-0.1, -0.05) is 35.3 Å². The molecule has 1 saturated heterocycles. The molecule has 1 fully saturated rings. The Morgan fingerprint density at radius 1 is 1.18 bits per heavy atom. The van der Waals surface area contributed by atoms with Crippen LogP contribution in [0.1, 0.15) is 12.0 Å². The average molecular weight is 274 g/mol. The standard InChI is InChI=1S/C13H17Cl2NO/c14-12-5-1-3-11(13(12)15)4-2-6-16-7-9-17-10-8-16/h1,3,5H,2,4,6-10H2. The first-order valence-electron chi connectivity index (χ1n) is 6.00. The predicted molar refractivity (Wildman–Crippen MR) is 72.0 cm³/mol. The summed E-state index contributed by atoms with van der Waals surface area (Å²) >= 11 is 12.1. The van der Waals surface area contributed by atoms with Gasteiger partial charge in [0.15, 0.2) is 0 Å². The molecule has 1 aromatic carbocycles. The van der Waals surface area contributed by atoms with Gasteiger partial charge in [0.25, 0.3) is 0 Å². The quantitative estimate of drug-likeness (QED) is 0.835. The van der Waals surface area contributed by atoms with E-state index in [4.69, 9.17) is 27.9 Å². The van der Waals surface area contributed by atoms with Gasteiger partial charge in [0.1, 0.15) is 0 Å². The molecule has 0 spiro atoms. The highest BCUT2D eigenvalue weighted by molar-refractivity contribution is 6.42. The largest absolute Gasteiger partial charge is 0.379 e. The summed E-state index contributed by atoms with van der Waals surface area (Å²) in [5.41, 5.74) is 1.15. The van der Waals surface area contributed by atoms with Crippen LogP contribution in [0.2, 0.25) is 10.0 Å². The van der Waals surface area contributed by atoms with E-state index in [2.05, 4.69) is 4.90 Å². The van der Waals surface area contributed by atoms with Crippen molar-refractivity contribution in [2.24, 2.45) is 0 Å². The Bertz CT molecular complexity index is 364. The highest BCUT2D eigenvalue weighted by Gasteiger charge is 2.10. The molecule has 0 aromatic heterocycles. The van der Waals surface area contributed by atoms with Crippen molar-refractivity contribution >= 4 is 23.2 Å². The summed E-state index contributed by atoms with van der Waals surface area (Å²) < 4.78 is 5.32. The van der Waals surface area contributed by atoms with Crippen molar-refractivity contribution in [3.63, 3.8) is 0 Å². The third-order valence-corrected chi connectivity index (χ3v) is 3.91. The molecule has 0 aliphatic carbocycles. The zero-order valence-corrected chi connectivity index (χ0v) is 11.3. The van der Waals surface area contributed by atoms with E-state index in [9.17, 15) is 0 Å². The number of hydrogen-bond acceptors (Lipinski definition) is 2. The lowest BCUT2D eigenvalue weighted by molar-refractivity contribution is 0.0375. The Kier molecular flexibility index (Phi) is 5.11. The third-order valence-electron chi connectivity index (χ3n) is 3.06. The number of benzene rings is 1. The van der Waals surface area contributed by atoms with E-state index in [1.54, 1.807) is 0 Å². The first-order chi connectivity index (χ1) is 8.27. The predicted octanol–water partition coefficient (Wildman–Crippen LogP) is 3.26. The summed E-state index contributed by atoms with van der Waals surface area (Å²) in [6, 6.07) is 5.83. The molecule has 0 unspecified atom stereocenters. The van der Waals surface area contributed by atoms with E-state index in [0.717, 1.165) is 51.3 Å². The molecule has 0 atom stereocenters. The van der Waals surface area contributed by atoms with Gasteiger partial charge in [0, 0.05) is 13.1 Å². The zero-order chi connectivity index (χ0) is 12.1. The minimum absolute atomic E-state index is 0.649. The van der Waals surface area contributed by atoms with Crippen molar-refractivity contribution in [3.8, 4) is 0 Å². The molecule has 1 aromatic rings. The van der Waals surface area contributed by atoms with Crippen LogP contribution in [0.5, 0.6) is 0 Å². The summed E-state index contributed by atoms with van der Waals surface area (Å²) in [5, 5.41) is 1.35. The molecule has 0 saturated carbocycles. The number of nitrogens with zero attached hydrogens (tertiary/aromatic N) is 1. The van der Waals surface area contributed by atoms with Gasteiger partial charge in [-0.3, -0.25) is 4.90 Å². The second kappa shape index (κ2) is 6.60. The maximum absolute atomic E-state index is 6.15. The van der Waals surface area contributed by atoms with Gasteiger partial charge in [-0.2, -0.15) is 0 Å². The molecule has 0 N–H and O–H groups in total.